The van der Waals surface area contributed by atoms with E-state index in [0.29, 0.717) is 19.3 Å². The van der Waals surface area contributed by atoms with Crippen molar-refractivity contribution in [2.75, 3.05) is 19.6 Å². The van der Waals surface area contributed by atoms with Crippen molar-refractivity contribution in [2.45, 2.75) is 64.8 Å². The van der Waals surface area contributed by atoms with Gasteiger partial charge in [-0.15, -0.1) is 11.3 Å². The molecule has 1 saturated heterocycles. The van der Waals surface area contributed by atoms with Crippen molar-refractivity contribution in [2.24, 2.45) is 0 Å². The average molecular weight is 402 g/mol. The van der Waals surface area contributed by atoms with Gasteiger partial charge < -0.3 is 9.80 Å². The van der Waals surface area contributed by atoms with Gasteiger partial charge in [-0.05, 0) is 44.2 Å². The summed E-state index contributed by atoms with van der Waals surface area (Å²) >= 11 is 1.69. The van der Waals surface area contributed by atoms with Gasteiger partial charge in [0, 0.05) is 32.5 Å². The second kappa shape index (κ2) is 10.0. The molecule has 0 aliphatic carbocycles. The fraction of sp³-hybridized carbons (Fsp3) is 0.591. The Morgan fingerprint density at radius 1 is 1.18 bits per heavy atom. The zero-order valence-electron chi connectivity index (χ0n) is 17.0. The summed E-state index contributed by atoms with van der Waals surface area (Å²) in [5.41, 5.74) is 1.01. The molecular formula is C22H31N3O2S. The van der Waals surface area contributed by atoms with E-state index in [-0.39, 0.29) is 17.9 Å². The molecule has 28 heavy (non-hydrogen) atoms. The summed E-state index contributed by atoms with van der Waals surface area (Å²) in [5, 5.41) is 1.04. The van der Waals surface area contributed by atoms with E-state index in [4.69, 9.17) is 4.98 Å². The fourth-order valence-electron chi connectivity index (χ4n) is 3.95. The molecule has 1 aliphatic rings. The maximum atomic E-state index is 12.8. The first-order chi connectivity index (χ1) is 13.6. The molecule has 1 aromatic carbocycles. The van der Waals surface area contributed by atoms with Gasteiger partial charge in [-0.3, -0.25) is 9.59 Å². The van der Waals surface area contributed by atoms with Crippen molar-refractivity contribution in [3.05, 3.63) is 29.3 Å². The number of carbonyl (C=O) groups excluding carboxylic acids is 2. The lowest BCUT2D eigenvalue weighted by Crippen LogP contribution is -2.33. The lowest BCUT2D eigenvalue weighted by atomic mass is 10.1. The minimum atomic E-state index is 0.0947. The Morgan fingerprint density at radius 2 is 1.93 bits per heavy atom. The summed E-state index contributed by atoms with van der Waals surface area (Å²) < 4.78 is 1.18. The topological polar surface area (TPSA) is 53.5 Å². The van der Waals surface area contributed by atoms with Gasteiger partial charge in [0.05, 0.1) is 16.3 Å². The summed E-state index contributed by atoms with van der Waals surface area (Å²) in [7, 11) is 0. The summed E-state index contributed by atoms with van der Waals surface area (Å²) in [6, 6.07) is 8.24. The predicted molar refractivity (Wildman–Crippen MR) is 114 cm³/mol. The molecule has 0 N–H and O–H groups in total. The third-order valence-electron chi connectivity index (χ3n) is 5.29. The summed E-state index contributed by atoms with van der Waals surface area (Å²) in [5.74, 6) is 0.340. The molecule has 0 spiro atoms. The van der Waals surface area contributed by atoms with Crippen LogP contribution in [-0.2, 0) is 9.59 Å². The maximum Gasteiger partial charge on any atom is 0.223 e. The third-order valence-corrected chi connectivity index (χ3v) is 6.43. The van der Waals surface area contributed by atoms with Gasteiger partial charge in [-0.1, -0.05) is 26.0 Å². The average Bonchev–Trinajstić information content (AvgIpc) is 3.34. The molecule has 1 aromatic heterocycles. The standard InChI is InChI=1S/C22H31N3O2S/c1-3-14-24(15-4-2)20(26)12-7-13-21(27)25-16-8-10-18(25)22-23-17-9-5-6-11-19(17)28-22/h5-6,9,11,18H,3-4,7-8,10,12-16H2,1-2H3. The molecule has 1 unspecified atom stereocenters. The van der Waals surface area contributed by atoms with Crippen LogP contribution in [0.5, 0.6) is 0 Å². The zero-order chi connectivity index (χ0) is 19.9. The van der Waals surface area contributed by atoms with Crippen LogP contribution >= 0.6 is 11.3 Å². The lowest BCUT2D eigenvalue weighted by Gasteiger charge is -2.24. The van der Waals surface area contributed by atoms with Gasteiger partial charge in [-0.2, -0.15) is 0 Å². The van der Waals surface area contributed by atoms with Crippen molar-refractivity contribution in [3.63, 3.8) is 0 Å². The minimum Gasteiger partial charge on any atom is -0.343 e. The largest absolute Gasteiger partial charge is 0.343 e. The molecule has 0 saturated carbocycles. The highest BCUT2D eigenvalue weighted by Crippen LogP contribution is 2.36. The summed E-state index contributed by atoms with van der Waals surface area (Å²) in [6.07, 6.45) is 5.48. The third kappa shape index (κ3) is 4.90. The molecule has 3 rings (SSSR count). The van der Waals surface area contributed by atoms with Crippen LogP contribution in [0.2, 0.25) is 0 Å². The highest BCUT2D eigenvalue weighted by Gasteiger charge is 2.31. The molecule has 1 atom stereocenters. The first kappa shape index (κ1) is 20.8. The van der Waals surface area contributed by atoms with E-state index in [1.165, 1.54) is 4.70 Å². The second-order valence-corrected chi connectivity index (χ2v) is 8.56. The number of amides is 2. The Kier molecular flexibility index (Phi) is 7.43. The number of para-hydroxylation sites is 1. The molecule has 152 valence electrons. The van der Waals surface area contributed by atoms with Crippen LogP contribution in [0.25, 0.3) is 10.2 Å². The summed E-state index contributed by atoms with van der Waals surface area (Å²) in [6.45, 7) is 6.61. The van der Waals surface area contributed by atoms with Crippen LogP contribution < -0.4 is 0 Å². The smallest absolute Gasteiger partial charge is 0.223 e. The second-order valence-electron chi connectivity index (χ2n) is 7.50. The number of carbonyl (C=O) groups is 2. The van der Waals surface area contributed by atoms with Gasteiger partial charge in [-0.25, -0.2) is 4.98 Å². The van der Waals surface area contributed by atoms with E-state index >= 15 is 0 Å². The van der Waals surface area contributed by atoms with E-state index in [0.717, 1.165) is 55.8 Å². The van der Waals surface area contributed by atoms with Crippen molar-refractivity contribution in [1.82, 2.24) is 14.8 Å². The number of likely N-dealkylation sites (tertiary alicyclic amines) is 1. The Bertz CT molecular complexity index is 765. The van der Waals surface area contributed by atoms with Gasteiger partial charge in [0.15, 0.2) is 0 Å². The molecule has 2 heterocycles. The van der Waals surface area contributed by atoms with Crippen LogP contribution in [0.4, 0.5) is 0 Å². The molecule has 6 heteroatoms. The number of benzene rings is 1. The fourth-order valence-corrected chi connectivity index (χ4v) is 5.06. The molecule has 1 aliphatic heterocycles. The highest BCUT2D eigenvalue weighted by atomic mass is 32.1. The van der Waals surface area contributed by atoms with Gasteiger partial charge >= 0.3 is 0 Å². The molecule has 2 amide bonds. The predicted octanol–water partition coefficient (Wildman–Crippen LogP) is 4.78. The van der Waals surface area contributed by atoms with Crippen LogP contribution in [0, 0.1) is 0 Å². The van der Waals surface area contributed by atoms with E-state index in [1.54, 1.807) is 11.3 Å². The van der Waals surface area contributed by atoms with Crippen LogP contribution in [-0.4, -0.2) is 46.2 Å². The van der Waals surface area contributed by atoms with Gasteiger partial charge in [0.2, 0.25) is 11.8 Å². The number of nitrogens with zero attached hydrogens (tertiary/aromatic N) is 3. The number of hydrogen-bond acceptors (Lipinski definition) is 4. The van der Waals surface area contributed by atoms with E-state index in [2.05, 4.69) is 19.9 Å². The molecule has 1 fully saturated rings. The number of rotatable bonds is 9. The quantitative estimate of drug-likeness (QED) is 0.608. The van der Waals surface area contributed by atoms with Crippen LogP contribution in [0.3, 0.4) is 0 Å². The molecule has 2 aromatic rings. The Labute approximate surface area is 171 Å². The monoisotopic (exact) mass is 401 g/mol. The Balaban J connectivity index is 1.55. The van der Waals surface area contributed by atoms with Crippen molar-refractivity contribution in [3.8, 4) is 0 Å². The Hall–Kier alpha value is -1.95. The molecular weight excluding hydrogens is 370 g/mol. The van der Waals surface area contributed by atoms with Crippen molar-refractivity contribution >= 4 is 33.4 Å². The van der Waals surface area contributed by atoms with Crippen molar-refractivity contribution in [1.29, 1.82) is 0 Å². The van der Waals surface area contributed by atoms with E-state index in [1.807, 2.05) is 28.0 Å². The van der Waals surface area contributed by atoms with Crippen LogP contribution in [0.15, 0.2) is 24.3 Å². The number of aromatic nitrogens is 1. The van der Waals surface area contributed by atoms with Crippen molar-refractivity contribution < 1.29 is 9.59 Å². The molecule has 0 bridgehead atoms. The van der Waals surface area contributed by atoms with Gasteiger partial charge in [0.1, 0.15) is 5.01 Å². The normalized spacial score (nSPS) is 16.6. The van der Waals surface area contributed by atoms with E-state index in [9.17, 15) is 9.59 Å². The zero-order valence-corrected chi connectivity index (χ0v) is 17.8. The first-order valence-electron chi connectivity index (χ1n) is 10.6. The van der Waals surface area contributed by atoms with E-state index < -0.39 is 0 Å². The van der Waals surface area contributed by atoms with Crippen LogP contribution in [0.1, 0.15) is 69.8 Å². The SMILES string of the molecule is CCCN(CCC)C(=O)CCCC(=O)N1CCCC1c1nc2ccccc2s1. The first-order valence-corrected chi connectivity index (χ1v) is 11.4. The minimum absolute atomic E-state index is 0.0947. The highest BCUT2D eigenvalue weighted by molar-refractivity contribution is 7.18. The number of hydrogen-bond donors (Lipinski definition) is 0. The number of fused-ring (bicyclic) bond motifs is 1. The van der Waals surface area contributed by atoms with Gasteiger partial charge in [0.25, 0.3) is 0 Å². The Morgan fingerprint density at radius 3 is 2.64 bits per heavy atom. The number of thiazole rings is 1. The maximum absolute atomic E-state index is 12.8. The molecule has 5 nitrogen and oxygen atoms in total. The summed E-state index contributed by atoms with van der Waals surface area (Å²) in [4.78, 5) is 33.9. The molecule has 0 radical (unpaired) electrons. The lowest BCUT2D eigenvalue weighted by molar-refractivity contribution is -0.133.